The van der Waals surface area contributed by atoms with Crippen molar-refractivity contribution < 1.29 is 14.3 Å². The van der Waals surface area contributed by atoms with Gasteiger partial charge >= 0.3 is 0 Å². The van der Waals surface area contributed by atoms with Crippen LogP contribution in [0.15, 0.2) is 66.0 Å². The number of ether oxygens (including phenoxy) is 1. The number of hydrogen-bond donors (Lipinski definition) is 1. The molecule has 0 aliphatic carbocycles. The van der Waals surface area contributed by atoms with Crippen molar-refractivity contribution in [3.05, 3.63) is 87.6 Å². The van der Waals surface area contributed by atoms with Gasteiger partial charge in [-0.1, -0.05) is 50.2 Å². The third-order valence-electron chi connectivity index (χ3n) is 6.06. The number of amides is 2. The Morgan fingerprint density at radius 1 is 1.09 bits per heavy atom. The first kappa shape index (κ1) is 24.0. The summed E-state index contributed by atoms with van der Waals surface area (Å²) in [5, 5.41) is 5.17. The van der Waals surface area contributed by atoms with Crippen LogP contribution < -0.4 is 10.1 Å². The Balaban J connectivity index is 1.58. The zero-order valence-corrected chi connectivity index (χ0v) is 20.8. The number of benzene rings is 2. The smallest absolute Gasteiger partial charge is 0.254 e. The van der Waals surface area contributed by atoms with Crippen molar-refractivity contribution in [1.82, 2.24) is 10.2 Å². The maximum absolute atomic E-state index is 13.7. The fraction of sp³-hybridized carbons (Fsp3) is 0.357. The molecule has 0 saturated heterocycles. The van der Waals surface area contributed by atoms with Gasteiger partial charge in [0.05, 0.1) is 18.6 Å². The highest BCUT2D eigenvalue weighted by atomic mass is 32.1. The molecule has 0 unspecified atom stereocenters. The predicted molar refractivity (Wildman–Crippen MR) is 136 cm³/mol. The van der Waals surface area contributed by atoms with Crippen molar-refractivity contribution in [3.63, 3.8) is 0 Å². The molecule has 2 atom stereocenters. The normalized spacial score (nSPS) is 17.5. The van der Waals surface area contributed by atoms with Crippen molar-refractivity contribution >= 4 is 23.2 Å². The summed E-state index contributed by atoms with van der Waals surface area (Å²) in [4.78, 5) is 30.1. The summed E-state index contributed by atoms with van der Waals surface area (Å²) in [5.41, 5.74) is 2.58. The lowest BCUT2D eigenvalue weighted by molar-refractivity contribution is -0.124. The molecule has 178 valence electrons. The molecule has 6 heteroatoms. The molecule has 34 heavy (non-hydrogen) atoms. The third kappa shape index (κ3) is 5.17. The average molecular weight is 477 g/mol. The van der Waals surface area contributed by atoms with Crippen molar-refractivity contribution in [2.45, 2.75) is 39.2 Å². The molecular formula is C28H32N2O3S. The summed E-state index contributed by atoms with van der Waals surface area (Å²) in [5.74, 6) is 0.647. The van der Waals surface area contributed by atoms with E-state index in [9.17, 15) is 9.59 Å². The van der Waals surface area contributed by atoms with E-state index in [-0.39, 0.29) is 17.9 Å². The maximum Gasteiger partial charge on any atom is 0.254 e. The van der Waals surface area contributed by atoms with Gasteiger partial charge in [-0.25, -0.2) is 0 Å². The number of thiophene rings is 1. The third-order valence-corrected chi connectivity index (χ3v) is 7.01. The van der Waals surface area contributed by atoms with Crippen molar-refractivity contribution in [1.29, 1.82) is 0 Å². The largest absolute Gasteiger partial charge is 0.494 e. The molecule has 1 aliphatic heterocycles. The first-order valence-corrected chi connectivity index (χ1v) is 12.8. The Bertz CT molecular complexity index is 1110. The molecular weight excluding hydrogens is 444 g/mol. The second-order valence-electron chi connectivity index (χ2n) is 8.99. The standard InChI is InChI=1S/C28H32N2O3S/c1-4-33-21-13-11-20(12-14-21)15-16-29-27(31)25-22-8-5-6-9-23(22)28(32)30(18-19(2)3)26(25)24-10-7-17-34-24/h5-14,17,19,25-26H,4,15-16,18H2,1-3H3,(H,29,31)/t25-,26+/m0/s1. The summed E-state index contributed by atoms with van der Waals surface area (Å²) < 4.78 is 5.51. The number of carbonyl (C=O) groups is 2. The molecule has 1 aliphatic rings. The molecule has 0 bridgehead atoms. The second-order valence-corrected chi connectivity index (χ2v) is 9.97. The van der Waals surface area contributed by atoms with Gasteiger partial charge in [0.1, 0.15) is 5.75 Å². The molecule has 0 saturated carbocycles. The van der Waals surface area contributed by atoms with E-state index in [0.29, 0.717) is 31.2 Å². The lowest BCUT2D eigenvalue weighted by Gasteiger charge is -2.42. The van der Waals surface area contributed by atoms with Crippen LogP contribution in [-0.2, 0) is 11.2 Å². The molecule has 2 amide bonds. The predicted octanol–water partition coefficient (Wildman–Crippen LogP) is 5.44. The quantitative estimate of drug-likeness (QED) is 0.447. The summed E-state index contributed by atoms with van der Waals surface area (Å²) >= 11 is 1.60. The Kier molecular flexibility index (Phi) is 7.68. The van der Waals surface area contributed by atoms with Crippen LogP contribution >= 0.6 is 11.3 Å². The summed E-state index contributed by atoms with van der Waals surface area (Å²) in [6, 6.07) is 19.2. The van der Waals surface area contributed by atoms with E-state index in [1.807, 2.05) is 77.9 Å². The van der Waals surface area contributed by atoms with Crippen LogP contribution in [-0.4, -0.2) is 36.4 Å². The SMILES string of the molecule is CCOc1ccc(CCNC(=O)[C@H]2c3ccccc3C(=O)N(CC(C)C)[C@@H]2c2cccs2)cc1. The number of nitrogens with zero attached hydrogens (tertiary/aromatic N) is 1. The number of nitrogens with one attached hydrogen (secondary N) is 1. The minimum absolute atomic E-state index is 0.00105. The zero-order valence-electron chi connectivity index (χ0n) is 20.0. The van der Waals surface area contributed by atoms with Crippen LogP contribution in [0.4, 0.5) is 0 Å². The summed E-state index contributed by atoms with van der Waals surface area (Å²) in [6.45, 7) is 7.94. The molecule has 3 aromatic rings. The van der Waals surface area contributed by atoms with Gasteiger partial charge in [0.2, 0.25) is 5.91 Å². The molecule has 1 aromatic heterocycles. The maximum atomic E-state index is 13.7. The highest BCUT2D eigenvalue weighted by molar-refractivity contribution is 7.10. The Morgan fingerprint density at radius 2 is 1.85 bits per heavy atom. The van der Waals surface area contributed by atoms with Crippen molar-refractivity contribution in [2.24, 2.45) is 5.92 Å². The van der Waals surface area contributed by atoms with Gasteiger partial charge in [0, 0.05) is 23.5 Å². The highest BCUT2D eigenvalue weighted by Gasteiger charge is 2.44. The van der Waals surface area contributed by atoms with Crippen LogP contribution in [0.5, 0.6) is 5.75 Å². The molecule has 2 aromatic carbocycles. The van der Waals surface area contributed by atoms with Gasteiger partial charge in [0.25, 0.3) is 5.91 Å². The lowest BCUT2D eigenvalue weighted by atomic mass is 9.81. The van der Waals surface area contributed by atoms with Crippen LogP contribution in [0.3, 0.4) is 0 Å². The number of carbonyl (C=O) groups excluding carboxylic acids is 2. The van der Waals surface area contributed by atoms with E-state index >= 15 is 0 Å². The molecule has 4 rings (SSSR count). The van der Waals surface area contributed by atoms with E-state index in [0.717, 1.165) is 28.2 Å². The molecule has 2 heterocycles. The average Bonchev–Trinajstić information content (AvgIpc) is 3.36. The fourth-order valence-electron chi connectivity index (χ4n) is 4.60. The van der Waals surface area contributed by atoms with Crippen molar-refractivity contribution in [3.8, 4) is 5.75 Å². The van der Waals surface area contributed by atoms with Gasteiger partial charge in [-0.2, -0.15) is 0 Å². The minimum Gasteiger partial charge on any atom is -0.494 e. The van der Waals surface area contributed by atoms with Crippen LogP contribution in [0, 0.1) is 5.92 Å². The summed E-state index contributed by atoms with van der Waals surface area (Å²) in [6.07, 6.45) is 0.727. The molecule has 5 nitrogen and oxygen atoms in total. The topological polar surface area (TPSA) is 58.6 Å². The van der Waals surface area contributed by atoms with Gasteiger partial charge < -0.3 is 15.0 Å². The van der Waals surface area contributed by atoms with Gasteiger partial charge in [-0.05, 0) is 60.0 Å². The molecule has 1 N–H and O–H groups in total. The van der Waals surface area contributed by atoms with E-state index in [4.69, 9.17) is 4.74 Å². The number of rotatable bonds is 9. The Hall–Kier alpha value is -3.12. The van der Waals surface area contributed by atoms with Crippen LogP contribution in [0.1, 0.15) is 59.1 Å². The first-order chi connectivity index (χ1) is 16.5. The van der Waals surface area contributed by atoms with E-state index in [1.54, 1.807) is 11.3 Å². The van der Waals surface area contributed by atoms with Crippen LogP contribution in [0.25, 0.3) is 0 Å². The molecule has 0 radical (unpaired) electrons. The molecule has 0 spiro atoms. The Labute approximate surface area is 205 Å². The fourth-order valence-corrected chi connectivity index (χ4v) is 5.48. The van der Waals surface area contributed by atoms with E-state index < -0.39 is 5.92 Å². The first-order valence-electron chi connectivity index (χ1n) is 11.9. The van der Waals surface area contributed by atoms with Gasteiger partial charge in [0.15, 0.2) is 0 Å². The number of hydrogen-bond acceptors (Lipinski definition) is 4. The Morgan fingerprint density at radius 3 is 2.53 bits per heavy atom. The van der Waals surface area contributed by atoms with Gasteiger partial charge in [-0.3, -0.25) is 9.59 Å². The van der Waals surface area contributed by atoms with E-state index in [1.165, 1.54) is 0 Å². The second kappa shape index (κ2) is 10.9. The van der Waals surface area contributed by atoms with Crippen molar-refractivity contribution in [2.75, 3.05) is 19.7 Å². The minimum atomic E-state index is -0.452. The van der Waals surface area contributed by atoms with Gasteiger partial charge in [-0.15, -0.1) is 11.3 Å². The monoisotopic (exact) mass is 476 g/mol. The zero-order chi connectivity index (χ0) is 24.1. The van der Waals surface area contributed by atoms with E-state index in [2.05, 4.69) is 19.2 Å². The summed E-state index contributed by atoms with van der Waals surface area (Å²) in [7, 11) is 0. The number of fused-ring (bicyclic) bond motifs is 1. The molecule has 0 fully saturated rings. The van der Waals surface area contributed by atoms with Crippen LogP contribution in [0.2, 0.25) is 0 Å². The highest BCUT2D eigenvalue weighted by Crippen LogP contribution is 2.44. The lowest BCUT2D eigenvalue weighted by Crippen LogP contribution is -2.48.